The van der Waals surface area contributed by atoms with Crippen molar-refractivity contribution < 1.29 is 27.9 Å². The smallest absolute Gasteiger partial charge is 0.258 e. The Balaban J connectivity index is 1.68. The third kappa shape index (κ3) is 4.88. The van der Waals surface area contributed by atoms with Crippen molar-refractivity contribution in [1.29, 1.82) is 0 Å². The molecule has 4 rings (SSSR count). The van der Waals surface area contributed by atoms with E-state index in [-0.39, 0.29) is 35.5 Å². The topological polar surface area (TPSA) is 157 Å². The molecule has 174 valence electrons. The number of primary sulfonamides is 1. The molecule has 2 aromatic carbocycles. The van der Waals surface area contributed by atoms with Gasteiger partial charge in [0, 0.05) is 30.9 Å². The lowest BCUT2D eigenvalue weighted by Crippen LogP contribution is -2.41. The maximum Gasteiger partial charge on any atom is 0.258 e. The number of benzene rings is 2. The van der Waals surface area contributed by atoms with Gasteiger partial charge < -0.3 is 19.3 Å². The average molecular weight is 474 g/mol. The lowest BCUT2D eigenvalue weighted by Gasteiger charge is -2.26. The van der Waals surface area contributed by atoms with Gasteiger partial charge in [0.15, 0.2) is 0 Å². The maximum absolute atomic E-state index is 12.8. The molecule has 1 aliphatic rings. The van der Waals surface area contributed by atoms with Crippen molar-refractivity contribution in [1.82, 2.24) is 9.55 Å². The van der Waals surface area contributed by atoms with Crippen LogP contribution in [0.25, 0.3) is 11.0 Å². The molecule has 3 aromatic rings. The van der Waals surface area contributed by atoms with Crippen molar-refractivity contribution in [3.8, 4) is 0 Å². The van der Waals surface area contributed by atoms with E-state index in [1.165, 1.54) is 24.3 Å². The first-order valence-corrected chi connectivity index (χ1v) is 11.8. The molecule has 0 radical (unpaired) electrons. The van der Waals surface area contributed by atoms with E-state index in [1.807, 2.05) is 0 Å². The Morgan fingerprint density at radius 2 is 2.06 bits per heavy atom. The molecule has 4 N–H and O–H groups in total. The van der Waals surface area contributed by atoms with Gasteiger partial charge in [0.1, 0.15) is 6.61 Å². The van der Waals surface area contributed by atoms with Crippen molar-refractivity contribution in [3.05, 3.63) is 48.0 Å². The third-order valence-corrected chi connectivity index (χ3v) is 6.13. The zero-order valence-corrected chi connectivity index (χ0v) is 18.4. The van der Waals surface area contributed by atoms with Crippen molar-refractivity contribution >= 4 is 44.5 Å². The summed E-state index contributed by atoms with van der Waals surface area (Å²) in [6, 6.07) is 10.7. The summed E-state index contributed by atoms with van der Waals surface area (Å²) in [5, 5.41) is 17.2. The number of nitrogens with zero attached hydrogens (tertiary/aromatic N) is 3. The molecule has 1 aromatic heterocycles. The molecular formula is C21H23N5O6S. The molecule has 11 nitrogen and oxygen atoms in total. The Morgan fingerprint density at radius 3 is 2.79 bits per heavy atom. The van der Waals surface area contributed by atoms with E-state index in [4.69, 9.17) is 9.88 Å². The lowest BCUT2D eigenvalue weighted by atomic mass is 10.2. The van der Waals surface area contributed by atoms with Gasteiger partial charge in [-0.2, -0.15) is 0 Å². The van der Waals surface area contributed by atoms with Crippen LogP contribution in [0.5, 0.6) is 0 Å². The summed E-state index contributed by atoms with van der Waals surface area (Å²) in [6.45, 7) is 1.22. The SMILES string of the molecule is NS(=O)(=O)c1cccc(C(=O)Nc2nc3cc(N4CCOCC4=O)ccc3n2CCCO)c1. The minimum atomic E-state index is -3.96. The van der Waals surface area contributed by atoms with Crippen LogP contribution in [0.2, 0.25) is 0 Å². The molecule has 0 atom stereocenters. The van der Waals surface area contributed by atoms with Gasteiger partial charge >= 0.3 is 0 Å². The highest BCUT2D eigenvalue weighted by Crippen LogP contribution is 2.27. The summed E-state index contributed by atoms with van der Waals surface area (Å²) in [5.74, 6) is -0.483. The van der Waals surface area contributed by atoms with E-state index in [0.717, 1.165) is 0 Å². The number of imidazole rings is 1. The monoisotopic (exact) mass is 473 g/mol. The second-order valence-corrected chi connectivity index (χ2v) is 9.02. The number of aliphatic hydroxyl groups excluding tert-OH is 1. The molecule has 33 heavy (non-hydrogen) atoms. The number of fused-ring (bicyclic) bond motifs is 1. The standard InChI is InChI=1S/C21H23N5O6S/c22-33(30,31)16-4-1-3-14(11-16)20(29)24-21-23-17-12-15(25-8-10-32-13-19(25)28)5-6-18(17)26(21)7-2-9-27/h1,3-6,11-12,27H,2,7-10,13H2,(H2,22,30,31)(H,23,24,29). The fourth-order valence-corrected chi connectivity index (χ4v) is 4.18. The second-order valence-electron chi connectivity index (χ2n) is 7.46. The van der Waals surface area contributed by atoms with Crippen LogP contribution in [0.4, 0.5) is 11.6 Å². The molecule has 1 aliphatic heterocycles. The molecule has 2 heterocycles. The first kappa shape index (κ1) is 22.9. The van der Waals surface area contributed by atoms with Crippen LogP contribution < -0.4 is 15.4 Å². The zero-order chi connectivity index (χ0) is 23.6. The first-order valence-electron chi connectivity index (χ1n) is 10.2. The summed E-state index contributed by atoms with van der Waals surface area (Å²) in [6.07, 6.45) is 0.429. The van der Waals surface area contributed by atoms with Crippen LogP contribution >= 0.6 is 0 Å². The highest BCUT2D eigenvalue weighted by Gasteiger charge is 2.22. The Hall–Kier alpha value is -3.32. The number of hydrogen-bond donors (Lipinski definition) is 3. The zero-order valence-electron chi connectivity index (χ0n) is 17.6. The van der Waals surface area contributed by atoms with Gasteiger partial charge in [-0.25, -0.2) is 18.5 Å². The van der Waals surface area contributed by atoms with Crippen LogP contribution in [0.15, 0.2) is 47.4 Å². The quantitative estimate of drug-likeness (QED) is 0.455. The number of carbonyl (C=O) groups is 2. The summed E-state index contributed by atoms with van der Waals surface area (Å²) >= 11 is 0. The van der Waals surface area contributed by atoms with Crippen LogP contribution in [0, 0.1) is 0 Å². The number of nitrogens with two attached hydrogens (primary N) is 1. The van der Waals surface area contributed by atoms with Crippen molar-refractivity contribution in [2.24, 2.45) is 5.14 Å². The van der Waals surface area contributed by atoms with E-state index in [0.29, 0.717) is 42.8 Å². The van der Waals surface area contributed by atoms with Gasteiger partial charge in [0.25, 0.3) is 11.8 Å². The minimum Gasteiger partial charge on any atom is -0.396 e. The molecule has 0 aliphatic carbocycles. The summed E-state index contributed by atoms with van der Waals surface area (Å²) < 4.78 is 30.1. The van der Waals surface area contributed by atoms with Gasteiger partial charge in [-0.05, 0) is 42.8 Å². The normalized spacial score (nSPS) is 14.6. The number of rotatable bonds is 7. The Bertz CT molecular complexity index is 1320. The molecule has 0 saturated carbocycles. The van der Waals surface area contributed by atoms with Gasteiger partial charge in [-0.3, -0.25) is 14.9 Å². The number of ether oxygens (including phenoxy) is 1. The molecule has 0 unspecified atom stereocenters. The molecule has 1 saturated heterocycles. The Morgan fingerprint density at radius 1 is 1.24 bits per heavy atom. The van der Waals surface area contributed by atoms with E-state index >= 15 is 0 Å². The Kier molecular flexibility index (Phi) is 6.42. The number of aliphatic hydroxyl groups is 1. The maximum atomic E-state index is 12.8. The van der Waals surface area contributed by atoms with Crippen LogP contribution in [-0.4, -0.2) is 61.3 Å². The van der Waals surface area contributed by atoms with Crippen molar-refractivity contribution in [2.75, 3.05) is 36.6 Å². The van der Waals surface area contributed by atoms with E-state index in [1.54, 1.807) is 27.7 Å². The van der Waals surface area contributed by atoms with E-state index in [2.05, 4.69) is 10.3 Å². The Labute approximate surface area is 189 Å². The lowest BCUT2D eigenvalue weighted by molar-refractivity contribution is -0.125. The largest absolute Gasteiger partial charge is 0.396 e. The number of carbonyl (C=O) groups excluding carboxylic acids is 2. The van der Waals surface area contributed by atoms with Gasteiger partial charge in [0.05, 0.1) is 22.5 Å². The summed E-state index contributed by atoms with van der Waals surface area (Å²) in [5.41, 5.74) is 2.03. The number of sulfonamides is 1. The number of aromatic nitrogens is 2. The molecular weight excluding hydrogens is 450 g/mol. The molecule has 0 bridgehead atoms. The molecule has 1 fully saturated rings. The number of morpholine rings is 1. The predicted molar refractivity (Wildman–Crippen MR) is 120 cm³/mol. The van der Waals surface area contributed by atoms with Crippen molar-refractivity contribution in [2.45, 2.75) is 17.9 Å². The van der Waals surface area contributed by atoms with Crippen LogP contribution in [0.3, 0.4) is 0 Å². The second kappa shape index (κ2) is 9.27. The summed E-state index contributed by atoms with van der Waals surface area (Å²) in [7, 11) is -3.96. The van der Waals surface area contributed by atoms with Crippen LogP contribution in [0.1, 0.15) is 16.8 Å². The van der Waals surface area contributed by atoms with Crippen LogP contribution in [-0.2, 0) is 26.1 Å². The predicted octanol–water partition coefficient (Wildman–Crippen LogP) is 0.682. The highest BCUT2D eigenvalue weighted by molar-refractivity contribution is 7.89. The van der Waals surface area contributed by atoms with Crippen molar-refractivity contribution in [3.63, 3.8) is 0 Å². The number of aryl methyl sites for hydroxylation is 1. The van der Waals surface area contributed by atoms with Gasteiger partial charge in [0.2, 0.25) is 16.0 Å². The van der Waals surface area contributed by atoms with E-state index in [9.17, 15) is 23.1 Å². The van der Waals surface area contributed by atoms with E-state index < -0.39 is 15.9 Å². The fraction of sp³-hybridized carbons (Fsp3) is 0.286. The van der Waals surface area contributed by atoms with Gasteiger partial charge in [-0.1, -0.05) is 6.07 Å². The number of amides is 2. The number of hydrogen-bond acceptors (Lipinski definition) is 7. The molecule has 12 heteroatoms. The molecule has 2 amide bonds. The third-order valence-electron chi connectivity index (χ3n) is 5.22. The average Bonchev–Trinajstić information content (AvgIpc) is 3.13. The molecule has 0 spiro atoms. The highest BCUT2D eigenvalue weighted by atomic mass is 32.2. The van der Waals surface area contributed by atoms with Gasteiger partial charge in [-0.15, -0.1) is 0 Å². The number of anilines is 2. The number of nitrogens with one attached hydrogen (secondary N) is 1. The minimum absolute atomic E-state index is 0.0157. The summed E-state index contributed by atoms with van der Waals surface area (Å²) in [4.78, 5) is 31.0. The fourth-order valence-electron chi connectivity index (χ4n) is 3.62. The first-order chi connectivity index (χ1) is 15.8.